The first-order chi connectivity index (χ1) is 10.1. The maximum Gasteiger partial charge on any atom is 0.256 e. The molecule has 1 N–H and O–H groups in total. The van der Waals surface area contributed by atoms with Crippen LogP contribution in [0.1, 0.15) is 10.4 Å². The third kappa shape index (κ3) is 4.44. The van der Waals surface area contributed by atoms with Gasteiger partial charge in [0.1, 0.15) is 11.8 Å². The number of nitrogens with one attached hydrogen (secondary N) is 1. The van der Waals surface area contributed by atoms with Crippen LogP contribution in [-0.4, -0.2) is 12.5 Å². The Morgan fingerprint density at radius 1 is 1.29 bits per heavy atom. The van der Waals surface area contributed by atoms with Crippen molar-refractivity contribution in [3.8, 4) is 11.8 Å². The predicted molar refractivity (Wildman–Crippen MR) is 92.4 cm³/mol. The van der Waals surface area contributed by atoms with Crippen molar-refractivity contribution in [1.82, 2.24) is 0 Å². The average molecular weight is 457 g/mol. The van der Waals surface area contributed by atoms with Gasteiger partial charge in [0.05, 0.1) is 5.56 Å². The van der Waals surface area contributed by atoms with Crippen LogP contribution in [0.5, 0.6) is 5.75 Å². The second-order valence-corrected chi connectivity index (χ2v) is 6.15. The van der Waals surface area contributed by atoms with Gasteiger partial charge in [0.25, 0.3) is 5.91 Å². The first-order valence-electron chi connectivity index (χ1n) is 5.96. The van der Waals surface area contributed by atoms with E-state index in [1.165, 1.54) is 0 Å². The second kappa shape index (κ2) is 7.43. The molecule has 0 spiro atoms. The summed E-state index contributed by atoms with van der Waals surface area (Å²) in [5.74, 6) is 0.399. The van der Waals surface area contributed by atoms with E-state index in [0.717, 1.165) is 8.04 Å². The Morgan fingerprint density at radius 2 is 2.00 bits per heavy atom. The summed E-state index contributed by atoms with van der Waals surface area (Å²) in [4.78, 5) is 12.2. The number of halogens is 2. The molecule has 21 heavy (non-hydrogen) atoms. The van der Waals surface area contributed by atoms with Gasteiger partial charge in [-0.3, -0.25) is 4.79 Å². The third-order valence-corrected chi connectivity index (χ3v) is 3.95. The SMILES string of the molecule is N#CCOc1ccc(NC(=O)c2cc(I)ccc2Br)cc1. The Balaban J connectivity index is 2.09. The van der Waals surface area contributed by atoms with Gasteiger partial charge in [-0.25, -0.2) is 0 Å². The Labute approximate surface area is 144 Å². The fourth-order valence-corrected chi connectivity index (χ4v) is 2.54. The van der Waals surface area contributed by atoms with Gasteiger partial charge >= 0.3 is 0 Å². The Kier molecular flexibility index (Phi) is 5.59. The first kappa shape index (κ1) is 15.8. The van der Waals surface area contributed by atoms with Crippen LogP contribution in [0, 0.1) is 14.9 Å². The highest BCUT2D eigenvalue weighted by Crippen LogP contribution is 2.22. The molecule has 0 bridgehead atoms. The topological polar surface area (TPSA) is 62.1 Å². The fourth-order valence-electron chi connectivity index (χ4n) is 1.62. The normalized spacial score (nSPS) is 9.76. The lowest BCUT2D eigenvalue weighted by atomic mass is 10.2. The summed E-state index contributed by atoms with van der Waals surface area (Å²) in [6.07, 6.45) is 0. The van der Waals surface area contributed by atoms with Crippen LogP contribution >= 0.6 is 38.5 Å². The highest BCUT2D eigenvalue weighted by atomic mass is 127. The molecule has 0 saturated heterocycles. The van der Waals surface area contributed by atoms with Crippen LogP contribution in [0.2, 0.25) is 0 Å². The second-order valence-electron chi connectivity index (χ2n) is 4.05. The number of amides is 1. The minimum atomic E-state index is -0.189. The molecule has 6 heteroatoms. The average Bonchev–Trinajstić information content (AvgIpc) is 2.49. The minimum absolute atomic E-state index is 0.00110. The molecule has 0 aliphatic rings. The number of hydrogen-bond donors (Lipinski definition) is 1. The molecule has 0 unspecified atom stereocenters. The maximum absolute atomic E-state index is 12.2. The molecule has 106 valence electrons. The standard InChI is InChI=1S/C15H10BrIN2O2/c16-14-6-1-10(17)9-13(14)15(20)19-11-2-4-12(5-3-11)21-8-7-18/h1-6,9H,8H2,(H,19,20). The van der Waals surface area contributed by atoms with E-state index in [4.69, 9.17) is 10.00 Å². The molecule has 0 aliphatic carbocycles. The summed E-state index contributed by atoms with van der Waals surface area (Å²) in [5.41, 5.74) is 1.24. The first-order valence-corrected chi connectivity index (χ1v) is 7.83. The lowest BCUT2D eigenvalue weighted by Crippen LogP contribution is -2.12. The van der Waals surface area contributed by atoms with Crippen molar-refractivity contribution in [2.45, 2.75) is 0 Å². The molecular weight excluding hydrogens is 447 g/mol. The third-order valence-electron chi connectivity index (χ3n) is 2.59. The molecule has 0 atom stereocenters. The van der Waals surface area contributed by atoms with E-state index in [0.29, 0.717) is 17.0 Å². The molecule has 0 heterocycles. The number of nitrogens with zero attached hydrogens (tertiary/aromatic N) is 1. The number of carbonyl (C=O) groups is 1. The highest BCUT2D eigenvalue weighted by Gasteiger charge is 2.10. The summed E-state index contributed by atoms with van der Waals surface area (Å²) >= 11 is 5.53. The summed E-state index contributed by atoms with van der Waals surface area (Å²) in [6, 6.07) is 14.3. The Morgan fingerprint density at radius 3 is 2.67 bits per heavy atom. The molecule has 0 aliphatic heterocycles. The molecule has 0 aromatic heterocycles. The van der Waals surface area contributed by atoms with Gasteiger partial charge in [0.2, 0.25) is 0 Å². The molecule has 2 aromatic carbocycles. The number of ether oxygens (including phenoxy) is 1. The van der Waals surface area contributed by atoms with Crippen molar-refractivity contribution in [2.24, 2.45) is 0 Å². The summed E-state index contributed by atoms with van der Waals surface area (Å²) in [6.45, 7) is 0.00110. The van der Waals surface area contributed by atoms with Crippen LogP contribution in [-0.2, 0) is 0 Å². The van der Waals surface area contributed by atoms with E-state index in [1.807, 2.05) is 24.3 Å². The van der Waals surface area contributed by atoms with Gasteiger partial charge in [-0.1, -0.05) is 0 Å². The number of benzene rings is 2. The van der Waals surface area contributed by atoms with Gasteiger partial charge in [-0.2, -0.15) is 5.26 Å². The van der Waals surface area contributed by atoms with Gasteiger partial charge < -0.3 is 10.1 Å². The van der Waals surface area contributed by atoms with Crippen molar-refractivity contribution in [3.63, 3.8) is 0 Å². The van der Waals surface area contributed by atoms with Gasteiger partial charge in [-0.15, -0.1) is 0 Å². The molecule has 4 nitrogen and oxygen atoms in total. The Bertz CT molecular complexity index is 696. The molecular formula is C15H10BrIN2O2. The van der Waals surface area contributed by atoms with E-state index in [1.54, 1.807) is 24.3 Å². The van der Waals surface area contributed by atoms with E-state index in [-0.39, 0.29) is 12.5 Å². The zero-order valence-electron chi connectivity index (χ0n) is 10.8. The summed E-state index contributed by atoms with van der Waals surface area (Å²) in [7, 11) is 0. The highest BCUT2D eigenvalue weighted by molar-refractivity contribution is 14.1. The van der Waals surface area contributed by atoms with Crippen LogP contribution in [0.15, 0.2) is 46.9 Å². The van der Waals surface area contributed by atoms with Crippen LogP contribution in [0.25, 0.3) is 0 Å². The van der Waals surface area contributed by atoms with Crippen LogP contribution in [0.4, 0.5) is 5.69 Å². The Hall–Kier alpha value is -1.59. The lowest BCUT2D eigenvalue weighted by molar-refractivity contribution is 0.102. The molecule has 1 amide bonds. The van der Waals surface area contributed by atoms with Gasteiger partial charge in [0.15, 0.2) is 6.61 Å². The molecule has 2 rings (SSSR count). The quantitative estimate of drug-likeness (QED) is 0.701. The van der Waals surface area contributed by atoms with Crippen molar-refractivity contribution < 1.29 is 9.53 Å². The summed E-state index contributed by atoms with van der Waals surface area (Å²) in [5, 5.41) is 11.3. The number of carbonyl (C=O) groups excluding carboxylic acids is 1. The summed E-state index contributed by atoms with van der Waals surface area (Å²) < 4.78 is 6.88. The van der Waals surface area contributed by atoms with Gasteiger partial charge in [0, 0.05) is 13.7 Å². The van der Waals surface area contributed by atoms with Crippen molar-refractivity contribution in [3.05, 3.63) is 56.1 Å². The number of hydrogen-bond acceptors (Lipinski definition) is 3. The number of nitriles is 1. The zero-order chi connectivity index (χ0) is 15.2. The predicted octanol–water partition coefficient (Wildman–Crippen LogP) is 4.21. The van der Waals surface area contributed by atoms with E-state index in [2.05, 4.69) is 43.8 Å². The molecule has 2 aromatic rings. The number of rotatable bonds is 4. The van der Waals surface area contributed by atoms with Crippen LogP contribution < -0.4 is 10.1 Å². The maximum atomic E-state index is 12.2. The lowest BCUT2D eigenvalue weighted by Gasteiger charge is -2.08. The smallest absolute Gasteiger partial charge is 0.256 e. The molecule has 0 radical (unpaired) electrons. The van der Waals surface area contributed by atoms with E-state index in [9.17, 15) is 4.79 Å². The van der Waals surface area contributed by atoms with Crippen molar-refractivity contribution in [2.75, 3.05) is 11.9 Å². The molecule has 0 saturated carbocycles. The van der Waals surface area contributed by atoms with Gasteiger partial charge in [-0.05, 0) is 81.0 Å². The zero-order valence-corrected chi connectivity index (χ0v) is 14.5. The monoisotopic (exact) mass is 456 g/mol. The van der Waals surface area contributed by atoms with E-state index >= 15 is 0 Å². The van der Waals surface area contributed by atoms with E-state index < -0.39 is 0 Å². The number of anilines is 1. The largest absolute Gasteiger partial charge is 0.479 e. The van der Waals surface area contributed by atoms with Crippen molar-refractivity contribution >= 4 is 50.1 Å². The van der Waals surface area contributed by atoms with Crippen molar-refractivity contribution in [1.29, 1.82) is 5.26 Å². The minimum Gasteiger partial charge on any atom is -0.479 e. The fraction of sp³-hybridized carbons (Fsp3) is 0.0667. The molecule has 0 fully saturated rings. The van der Waals surface area contributed by atoms with Crippen LogP contribution in [0.3, 0.4) is 0 Å².